The van der Waals surface area contributed by atoms with Gasteiger partial charge in [0.05, 0.1) is 0 Å². The highest BCUT2D eigenvalue weighted by molar-refractivity contribution is 5.92. The molecule has 1 amide bonds. The summed E-state index contributed by atoms with van der Waals surface area (Å²) in [5.41, 5.74) is 0. The van der Waals surface area contributed by atoms with Gasteiger partial charge in [-0.3, -0.25) is 10.1 Å². The van der Waals surface area contributed by atoms with Gasteiger partial charge in [-0.1, -0.05) is 19.3 Å². The van der Waals surface area contributed by atoms with Crippen LogP contribution in [0, 0.1) is 5.92 Å². The maximum atomic E-state index is 11.9. The van der Waals surface area contributed by atoms with Crippen molar-refractivity contribution in [1.29, 1.82) is 0 Å². The lowest BCUT2D eigenvalue weighted by Gasteiger charge is -2.25. The molecule has 6 nitrogen and oxygen atoms in total. The third-order valence-electron chi connectivity index (χ3n) is 3.56. The lowest BCUT2D eigenvalue weighted by Crippen LogP contribution is -2.36. The highest BCUT2D eigenvalue weighted by Crippen LogP contribution is 2.26. The molecular formula is C12H20N4O2. The SMILES string of the molecule is CCn1cnnc1NC(=O)C(O)C1CCCCC1. The second-order valence-corrected chi connectivity index (χ2v) is 4.77. The largest absolute Gasteiger partial charge is 0.383 e. The molecule has 2 rings (SSSR count). The van der Waals surface area contributed by atoms with E-state index in [9.17, 15) is 9.90 Å². The summed E-state index contributed by atoms with van der Waals surface area (Å²) in [6.45, 7) is 2.62. The number of hydrogen-bond donors (Lipinski definition) is 2. The Kier molecular flexibility index (Phi) is 4.30. The molecule has 0 radical (unpaired) electrons. The summed E-state index contributed by atoms with van der Waals surface area (Å²) in [6.07, 6.45) is 5.87. The molecule has 0 spiro atoms. The first-order valence-corrected chi connectivity index (χ1v) is 6.59. The lowest BCUT2D eigenvalue weighted by atomic mass is 9.85. The first-order valence-electron chi connectivity index (χ1n) is 6.59. The summed E-state index contributed by atoms with van der Waals surface area (Å²) in [7, 11) is 0. The van der Waals surface area contributed by atoms with Gasteiger partial charge in [-0.25, -0.2) is 0 Å². The number of nitrogens with zero attached hydrogens (tertiary/aromatic N) is 3. The molecule has 0 aliphatic heterocycles. The molecule has 1 aromatic rings. The molecule has 100 valence electrons. The van der Waals surface area contributed by atoms with Crippen molar-refractivity contribution in [2.75, 3.05) is 5.32 Å². The lowest BCUT2D eigenvalue weighted by molar-refractivity contribution is -0.127. The smallest absolute Gasteiger partial charge is 0.255 e. The molecule has 0 bridgehead atoms. The number of carbonyl (C=O) groups excluding carboxylic acids is 1. The number of carbonyl (C=O) groups is 1. The van der Waals surface area contributed by atoms with E-state index >= 15 is 0 Å². The predicted molar refractivity (Wildman–Crippen MR) is 66.9 cm³/mol. The molecule has 1 aromatic heterocycles. The molecule has 1 saturated carbocycles. The Morgan fingerprint density at radius 2 is 2.28 bits per heavy atom. The highest BCUT2D eigenvalue weighted by atomic mass is 16.3. The average Bonchev–Trinajstić information content (AvgIpc) is 2.86. The van der Waals surface area contributed by atoms with Gasteiger partial charge in [-0.15, -0.1) is 10.2 Å². The molecule has 1 fully saturated rings. The molecular weight excluding hydrogens is 232 g/mol. The molecule has 1 aliphatic carbocycles. The van der Waals surface area contributed by atoms with Gasteiger partial charge < -0.3 is 9.67 Å². The van der Waals surface area contributed by atoms with E-state index in [2.05, 4.69) is 15.5 Å². The number of amides is 1. The minimum atomic E-state index is -0.938. The van der Waals surface area contributed by atoms with Crippen molar-refractivity contribution in [3.8, 4) is 0 Å². The van der Waals surface area contributed by atoms with Crippen LogP contribution in [0.2, 0.25) is 0 Å². The zero-order valence-corrected chi connectivity index (χ0v) is 10.7. The third kappa shape index (κ3) is 2.87. The summed E-state index contributed by atoms with van der Waals surface area (Å²) in [5.74, 6) is 0.110. The number of anilines is 1. The number of aryl methyl sites for hydroxylation is 1. The first kappa shape index (κ1) is 13.0. The van der Waals surface area contributed by atoms with Crippen molar-refractivity contribution < 1.29 is 9.90 Å². The van der Waals surface area contributed by atoms with E-state index in [0.29, 0.717) is 12.5 Å². The monoisotopic (exact) mass is 252 g/mol. The summed E-state index contributed by atoms with van der Waals surface area (Å²) in [4.78, 5) is 11.9. The van der Waals surface area contributed by atoms with Crippen LogP contribution < -0.4 is 5.32 Å². The van der Waals surface area contributed by atoms with Gasteiger partial charge in [0, 0.05) is 6.54 Å². The second-order valence-electron chi connectivity index (χ2n) is 4.77. The van der Waals surface area contributed by atoms with Crippen molar-refractivity contribution >= 4 is 11.9 Å². The van der Waals surface area contributed by atoms with Crippen LogP contribution >= 0.6 is 0 Å². The Hall–Kier alpha value is -1.43. The number of hydrogen-bond acceptors (Lipinski definition) is 4. The van der Waals surface area contributed by atoms with Crippen LogP contribution in [-0.4, -0.2) is 31.9 Å². The van der Waals surface area contributed by atoms with Crippen molar-refractivity contribution in [3.05, 3.63) is 6.33 Å². The standard InChI is InChI=1S/C12H20N4O2/c1-2-16-8-13-15-12(16)14-11(18)10(17)9-6-4-3-5-7-9/h8-10,17H,2-7H2,1H3,(H,14,15,18). The van der Waals surface area contributed by atoms with Gasteiger partial charge in [0.25, 0.3) is 5.91 Å². The Bertz CT molecular complexity index is 399. The molecule has 2 N–H and O–H groups in total. The van der Waals surface area contributed by atoms with Gasteiger partial charge in [-0.05, 0) is 25.7 Å². The molecule has 0 aromatic carbocycles. The molecule has 1 unspecified atom stereocenters. The number of rotatable bonds is 4. The fraction of sp³-hybridized carbons (Fsp3) is 0.750. The van der Waals surface area contributed by atoms with E-state index in [1.807, 2.05) is 6.92 Å². The third-order valence-corrected chi connectivity index (χ3v) is 3.56. The summed E-state index contributed by atoms with van der Waals surface area (Å²) in [6, 6.07) is 0. The summed E-state index contributed by atoms with van der Waals surface area (Å²) >= 11 is 0. The Morgan fingerprint density at radius 3 is 2.94 bits per heavy atom. The topological polar surface area (TPSA) is 80.0 Å². The number of nitrogens with one attached hydrogen (secondary N) is 1. The molecule has 0 saturated heterocycles. The van der Waals surface area contributed by atoms with Crippen molar-refractivity contribution in [3.63, 3.8) is 0 Å². The Labute approximate surface area is 106 Å². The second kappa shape index (κ2) is 5.95. The Morgan fingerprint density at radius 1 is 1.56 bits per heavy atom. The molecule has 6 heteroatoms. The van der Waals surface area contributed by atoms with Gasteiger partial charge in [-0.2, -0.15) is 0 Å². The van der Waals surface area contributed by atoms with E-state index in [-0.39, 0.29) is 11.8 Å². The normalized spacial score (nSPS) is 18.6. The number of aliphatic hydroxyl groups is 1. The molecule has 1 aliphatic rings. The van der Waals surface area contributed by atoms with E-state index in [1.54, 1.807) is 10.9 Å². The molecule has 18 heavy (non-hydrogen) atoms. The number of aromatic nitrogens is 3. The zero-order valence-electron chi connectivity index (χ0n) is 10.7. The zero-order chi connectivity index (χ0) is 13.0. The van der Waals surface area contributed by atoms with E-state index in [0.717, 1.165) is 25.7 Å². The molecule has 1 heterocycles. The van der Waals surface area contributed by atoms with Gasteiger partial charge >= 0.3 is 0 Å². The minimum Gasteiger partial charge on any atom is -0.383 e. The maximum absolute atomic E-state index is 11.9. The quantitative estimate of drug-likeness (QED) is 0.843. The van der Waals surface area contributed by atoms with Crippen LogP contribution in [0.1, 0.15) is 39.0 Å². The Balaban J connectivity index is 1.94. The maximum Gasteiger partial charge on any atom is 0.255 e. The fourth-order valence-corrected chi connectivity index (χ4v) is 2.43. The van der Waals surface area contributed by atoms with Crippen LogP contribution in [0.25, 0.3) is 0 Å². The molecule has 1 atom stereocenters. The average molecular weight is 252 g/mol. The summed E-state index contributed by atoms with van der Waals surface area (Å²) in [5, 5.41) is 20.2. The van der Waals surface area contributed by atoms with Crippen LogP contribution in [0.3, 0.4) is 0 Å². The predicted octanol–water partition coefficient (Wildman–Crippen LogP) is 1.18. The number of aliphatic hydroxyl groups excluding tert-OH is 1. The van der Waals surface area contributed by atoms with Crippen LogP contribution in [0.15, 0.2) is 6.33 Å². The van der Waals surface area contributed by atoms with Gasteiger partial charge in [0.1, 0.15) is 12.4 Å². The van der Waals surface area contributed by atoms with E-state index in [1.165, 1.54) is 6.42 Å². The fourth-order valence-electron chi connectivity index (χ4n) is 2.43. The van der Waals surface area contributed by atoms with Crippen LogP contribution in [-0.2, 0) is 11.3 Å². The van der Waals surface area contributed by atoms with Crippen molar-refractivity contribution in [2.45, 2.75) is 51.7 Å². The van der Waals surface area contributed by atoms with Crippen LogP contribution in [0.5, 0.6) is 0 Å². The van der Waals surface area contributed by atoms with Crippen molar-refractivity contribution in [2.24, 2.45) is 5.92 Å². The minimum absolute atomic E-state index is 0.0803. The van der Waals surface area contributed by atoms with Gasteiger partial charge in [0.15, 0.2) is 0 Å². The summed E-state index contributed by atoms with van der Waals surface area (Å²) < 4.78 is 1.73. The van der Waals surface area contributed by atoms with Crippen LogP contribution in [0.4, 0.5) is 5.95 Å². The van der Waals surface area contributed by atoms with Crippen molar-refractivity contribution in [1.82, 2.24) is 14.8 Å². The first-order chi connectivity index (χ1) is 8.72. The highest BCUT2D eigenvalue weighted by Gasteiger charge is 2.28. The van der Waals surface area contributed by atoms with E-state index in [4.69, 9.17) is 0 Å². The van der Waals surface area contributed by atoms with E-state index < -0.39 is 6.10 Å². The van der Waals surface area contributed by atoms with Gasteiger partial charge in [0.2, 0.25) is 5.95 Å².